The van der Waals surface area contributed by atoms with Gasteiger partial charge in [-0.25, -0.2) is 4.68 Å². The Labute approximate surface area is 162 Å². The highest BCUT2D eigenvalue weighted by atomic mass is 35.5. The Hall–Kier alpha value is -2.57. The molecule has 0 radical (unpaired) electrons. The molecule has 7 heteroatoms. The van der Waals surface area contributed by atoms with Crippen molar-refractivity contribution in [1.29, 1.82) is 0 Å². The van der Waals surface area contributed by atoms with Crippen molar-refractivity contribution in [2.45, 2.75) is 6.92 Å². The molecule has 4 rings (SSSR count). The summed E-state index contributed by atoms with van der Waals surface area (Å²) >= 11 is 6.01. The van der Waals surface area contributed by atoms with Gasteiger partial charge in [0.15, 0.2) is 5.76 Å². The Morgan fingerprint density at radius 3 is 2.52 bits per heavy atom. The number of halogens is 1. The summed E-state index contributed by atoms with van der Waals surface area (Å²) < 4.78 is 7.14. The third-order valence-electron chi connectivity index (χ3n) is 4.88. The number of carbonyl (C=O) groups is 1. The number of furan rings is 1. The van der Waals surface area contributed by atoms with Crippen molar-refractivity contribution in [3.63, 3.8) is 0 Å². The smallest absolute Gasteiger partial charge is 0.272 e. The van der Waals surface area contributed by atoms with E-state index in [-0.39, 0.29) is 5.91 Å². The maximum absolute atomic E-state index is 13.2. The lowest BCUT2D eigenvalue weighted by molar-refractivity contribution is 0.0634. The number of aromatic nitrogens is 2. The number of carbonyl (C=O) groups excluding carboxylic acids is 1. The van der Waals surface area contributed by atoms with Crippen LogP contribution < -0.4 is 0 Å². The lowest BCUT2D eigenvalue weighted by atomic mass is 10.2. The van der Waals surface area contributed by atoms with E-state index in [0.717, 1.165) is 25.3 Å². The van der Waals surface area contributed by atoms with Crippen LogP contribution in [0.4, 0.5) is 0 Å². The van der Waals surface area contributed by atoms with Gasteiger partial charge in [0.05, 0.1) is 12.0 Å². The van der Waals surface area contributed by atoms with Crippen LogP contribution in [0.1, 0.15) is 17.4 Å². The molecule has 0 saturated carbocycles. The van der Waals surface area contributed by atoms with Crippen LogP contribution in [0.3, 0.4) is 0 Å². The summed E-state index contributed by atoms with van der Waals surface area (Å²) in [7, 11) is 0. The van der Waals surface area contributed by atoms with E-state index in [9.17, 15) is 4.79 Å². The number of amides is 1. The second kappa shape index (κ2) is 7.58. The maximum atomic E-state index is 13.2. The first-order chi connectivity index (χ1) is 13.2. The number of hydrogen-bond acceptors (Lipinski definition) is 4. The fraction of sp³-hybridized carbons (Fsp3) is 0.300. The molecule has 140 valence electrons. The lowest BCUT2D eigenvalue weighted by Gasteiger charge is -2.34. The number of benzene rings is 1. The largest absolute Gasteiger partial charge is 0.463 e. The molecule has 1 aromatic carbocycles. The highest BCUT2D eigenvalue weighted by molar-refractivity contribution is 6.30. The van der Waals surface area contributed by atoms with Gasteiger partial charge in [0.2, 0.25) is 0 Å². The average molecular weight is 385 g/mol. The molecule has 3 aromatic rings. The van der Waals surface area contributed by atoms with E-state index in [1.54, 1.807) is 29.1 Å². The van der Waals surface area contributed by atoms with Crippen molar-refractivity contribution in [2.75, 3.05) is 32.7 Å². The predicted molar refractivity (Wildman–Crippen MR) is 104 cm³/mol. The Morgan fingerprint density at radius 1 is 1.15 bits per heavy atom. The highest BCUT2D eigenvalue weighted by Crippen LogP contribution is 2.24. The molecule has 3 heterocycles. The molecule has 2 aromatic heterocycles. The van der Waals surface area contributed by atoms with Crippen molar-refractivity contribution in [3.05, 3.63) is 59.4 Å². The van der Waals surface area contributed by atoms with E-state index in [0.29, 0.717) is 35.3 Å². The molecule has 0 atom stereocenters. The van der Waals surface area contributed by atoms with Gasteiger partial charge in [-0.3, -0.25) is 4.79 Å². The fourth-order valence-corrected chi connectivity index (χ4v) is 3.41. The molecule has 0 spiro atoms. The van der Waals surface area contributed by atoms with Gasteiger partial charge in [-0.05, 0) is 42.9 Å². The first-order valence-electron chi connectivity index (χ1n) is 9.07. The Morgan fingerprint density at radius 2 is 1.89 bits per heavy atom. The van der Waals surface area contributed by atoms with E-state index in [4.69, 9.17) is 16.0 Å². The summed E-state index contributed by atoms with van der Waals surface area (Å²) in [4.78, 5) is 17.5. The quantitative estimate of drug-likeness (QED) is 0.690. The van der Waals surface area contributed by atoms with Gasteiger partial charge in [-0.15, -0.1) is 0 Å². The van der Waals surface area contributed by atoms with Crippen molar-refractivity contribution in [3.8, 4) is 17.1 Å². The fourth-order valence-electron chi connectivity index (χ4n) is 3.29. The summed E-state index contributed by atoms with van der Waals surface area (Å²) in [5.41, 5.74) is 1.94. The van der Waals surface area contributed by atoms with Crippen LogP contribution in [-0.2, 0) is 0 Å². The van der Waals surface area contributed by atoms with Crippen molar-refractivity contribution in [2.24, 2.45) is 0 Å². The zero-order valence-electron chi connectivity index (χ0n) is 15.1. The SMILES string of the molecule is CCN1CCN(C(=O)c2cc(-c3ccco3)nn2-c2ccc(Cl)cc2)CC1. The van der Waals surface area contributed by atoms with Crippen molar-refractivity contribution in [1.82, 2.24) is 19.6 Å². The minimum atomic E-state index is -0.0222. The van der Waals surface area contributed by atoms with Crippen molar-refractivity contribution >= 4 is 17.5 Å². The molecule has 0 bridgehead atoms. The van der Waals surface area contributed by atoms with E-state index in [1.807, 2.05) is 29.2 Å². The summed E-state index contributed by atoms with van der Waals surface area (Å²) in [5, 5.41) is 5.26. The maximum Gasteiger partial charge on any atom is 0.272 e. The molecule has 0 unspecified atom stereocenters. The topological polar surface area (TPSA) is 54.5 Å². The van der Waals surface area contributed by atoms with Crippen LogP contribution in [-0.4, -0.2) is 58.2 Å². The van der Waals surface area contributed by atoms with Gasteiger partial charge in [-0.2, -0.15) is 5.10 Å². The van der Waals surface area contributed by atoms with Crippen LogP contribution in [0.5, 0.6) is 0 Å². The van der Waals surface area contributed by atoms with Gasteiger partial charge in [0.25, 0.3) is 5.91 Å². The molecule has 0 aliphatic carbocycles. The molecule has 1 fully saturated rings. The Bertz CT molecular complexity index is 910. The number of likely N-dealkylation sites (N-methyl/N-ethyl adjacent to an activating group) is 1. The molecule has 6 nitrogen and oxygen atoms in total. The third kappa shape index (κ3) is 3.63. The molecule has 0 N–H and O–H groups in total. The van der Waals surface area contributed by atoms with E-state index in [1.165, 1.54) is 0 Å². The molecule has 1 amide bonds. The molecule has 1 aliphatic heterocycles. The zero-order valence-corrected chi connectivity index (χ0v) is 15.9. The van der Waals surface area contributed by atoms with Crippen LogP contribution >= 0.6 is 11.6 Å². The normalized spacial score (nSPS) is 15.3. The minimum absolute atomic E-state index is 0.0222. The third-order valence-corrected chi connectivity index (χ3v) is 5.13. The zero-order chi connectivity index (χ0) is 18.8. The Balaban J connectivity index is 1.70. The van der Waals surface area contributed by atoms with Crippen molar-refractivity contribution < 1.29 is 9.21 Å². The highest BCUT2D eigenvalue weighted by Gasteiger charge is 2.26. The van der Waals surface area contributed by atoms with Crippen LogP contribution in [0, 0.1) is 0 Å². The predicted octanol–water partition coefficient (Wildman–Crippen LogP) is 3.56. The van der Waals surface area contributed by atoms with Gasteiger partial charge >= 0.3 is 0 Å². The number of hydrogen-bond donors (Lipinski definition) is 0. The van der Waals surface area contributed by atoms with Gasteiger partial charge in [0.1, 0.15) is 11.4 Å². The van der Waals surface area contributed by atoms with Gasteiger partial charge in [-0.1, -0.05) is 18.5 Å². The van der Waals surface area contributed by atoms with E-state index < -0.39 is 0 Å². The van der Waals surface area contributed by atoms with Crippen LogP contribution in [0.25, 0.3) is 17.1 Å². The molecule has 27 heavy (non-hydrogen) atoms. The van der Waals surface area contributed by atoms with Gasteiger partial charge in [0, 0.05) is 37.3 Å². The second-order valence-electron chi connectivity index (χ2n) is 6.51. The molecular weight excluding hydrogens is 364 g/mol. The number of piperazine rings is 1. The van der Waals surface area contributed by atoms with Crippen LogP contribution in [0.15, 0.2) is 53.1 Å². The summed E-state index contributed by atoms with van der Waals surface area (Å²) in [6.45, 7) is 6.37. The summed E-state index contributed by atoms with van der Waals surface area (Å²) in [6, 6.07) is 12.7. The van der Waals surface area contributed by atoms with Crippen LogP contribution in [0.2, 0.25) is 5.02 Å². The Kier molecular flexibility index (Phi) is 5.01. The van der Waals surface area contributed by atoms with Gasteiger partial charge < -0.3 is 14.2 Å². The monoisotopic (exact) mass is 384 g/mol. The molecule has 1 saturated heterocycles. The second-order valence-corrected chi connectivity index (χ2v) is 6.94. The number of nitrogens with zero attached hydrogens (tertiary/aromatic N) is 4. The summed E-state index contributed by atoms with van der Waals surface area (Å²) in [6.07, 6.45) is 1.60. The lowest BCUT2D eigenvalue weighted by Crippen LogP contribution is -2.48. The molecule has 1 aliphatic rings. The average Bonchev–Trinajstić information content (AvgIpc) is 3.38. The standard InChI is InChI=1S/C20H21ClN4O2/c1-2-23-9-11-24(12-10-23)20(26)18-14-17(19-4-3-13-27-19)22-25(18)16-7-5-15(21)6-8-16/h3-8,13-14H,2,9-12H2,1H3. The minimum Gasteiger partial charge on any atom is -0.463 e. The first-order valence-corrected chi connectivity index (χ1v) is 9.45. The first kappa shape index (κ1) is 17.8. The van der Waals surface area contributed by atoms with E-state index >= 15 is 0 Å². The number of rotatable bonds is 4. The van der Waals surface area contributed by atoms with E-state index in [2.05, 4.69) is 16.9 Å². The summed E-state index contributed by atoms with van der Waals surface area (Å²) in [5.74, 6) is 0.610. The molecular formula is C20H21ClN4O2.